The first-order chi connectivity index (χ1) is 6.65. The SMILES string of the molecule is CCCCC1CC(C(=O)O)CCC1=O. The fourth-order valence-corrected chi connectivity index (χ4v) is 2.07. The molecule has 0 aromatic heterocycles. The maximum atomic E-state index is 11.5. The Labute approximate surface area is 84.5 Å². The summed E-state index contributed by atoms with van der Waals surface area (Å²) in [5, 5.41) is 8.86. The van der Waals surface area contributed by atoms with Gasteiger partial charge >= 0.3 is 5.97 Å². The maximum Gasteiger partial charge on any atom is 0.306 e. The lowest BCUT2D eigenvalue weighted by atomic mass is 9.78. The summed E-state index contributed by atoms with van der Waals surface area (Å²) in [5.41, 5.74) is 0. The van der Waals surface area contributed by atoms with Gasteiger partial charge in [0, 0.05) is 12.3 Å². The summed E-state index contributed by atoms with van der Waals surface area (Å²) in [6.07, 6.45) is 4.54. The van der Waals surface area contributed by atoms with E-state index in [1.165, 1.54) is 0 Å². The van der Waals surface area contributed by atoms with E-state index >= 15 is 0 Å². The highest BCUT2D eigenvalue weighted by Gasteiger charge is 2.31. The van der Waals surface area contributed by atoms with Gasteiger partial charge in [0.25, 0.3) is 0 Å². The fraction of sp³-hybridized carbons (Fsp3) is 0.818. The number of aliphatic carboxylic acids is 1. The lowest BCUT2D eigenvalue weighted by molar-refractivity contribution is -0.144. The van der Waals surface area contributed by atoms with E-state index in [1.807, 2.05) is 0 Å². The quantitative estimate of drug-likeness (QED) is 0.753. The van der Waals surface area contributed by atoms with Crippen LogP contribution in [0.2, 0.25) is 0 Å². The van der Waals surface area contributed by atoms with Crippen LogP contribution >= 0.6 is 0 Å². The van der Waals surface area contributed by atoms with E-state index in [9.17, 15) is 9.59 Å². The lowest BCUT2D eigenvalue weighted by Crippen LogP contribution is -2.29. The molecule has 1 aliphatic rings. The monoisotopic (exact) mass is 198 g/mol. The Morgan fingerprint density at radius 3 is 2.86 bits per heavy atom. The molecular weight excluding hydrogens is 180 g/mol. The molecule has 0 bridgehead atoms. The van der Waals surface area contributed by atoms with Crippen molar-refractivity contribution in [3.05, 3.63) is 0 Å². The second kappa shape index (κ2) is 5.13. The van der Waals surface area contributed by atoms with Crippen molar-refractivity contribution in [3.63, 3.8) is 0 Å². The molecule has 2 unspecified atom stereocenters. The molecule has 1 rings (SSSR count). The summed E-state index contributed by atoms with van der Waals surface area (Å²) in [6, 6.07) is 0. The molecular formula is C11H18O3. The van der Waals surface area contributed by atoms with Crippen LogP contribution in [0, 0.1) is 11.8 Å². The summed E-state index contributed by atoms with van der Waals surface area (Å²) in [4.78, 5) is 22.2. The van der Waals surface area contributed by atoms with Gasteiger partial charge in [0.2, 0.25) is 0 Å². The van der Waals surface area contributed by atoms with Crippen molar-refractivity contribution < 1.29 is 14.7 Å². The standard InChI is InChI=1S/C11H18O3/c1-2-3-4-8-7-9(11(13)14)5-6-10(8)12/h8-9H,2-7H2,1H3,(H,13,14). The number of ketones is 1. The number of Topliss-reactive ketones (excluding diaryl/α,β-unsaturated/α-hetero) is 1. The minimum absolute atomic E-state index is 0.0183. The smallest absolute Gasteiger partial charge is 0.306 e. The zero-order valence-corrected chi connectivity index (χ0v) is 8.66. The Balaban J connectivity index is 2.46. The van der Waals surface area contributed by atoms with E-state index in [4.69, 9.17) is 5.11 Å². The van der Waals surface area contributed by atoms with Gasteiger partial charge in [-0.05, 0) is 19.3 Å². The number of carboxylic acid groups (broad SMARTS) is 1. The van der Waals surface area contributed by atoms with Gasteiger partial charge in [-0.1, -0.05) is 19.8 Å². The van der Waals surface area contributed by atoms with Crippen LogP contribution in [0.5, 0.6) is 0 Å². The zero-order chi connectivity index (χ0) is 10.6. The highest BCUT2D eigenvalue weighted by atomic mass is 16.4. The number of unbranched alkanes of at least 4 members (excludes halogenated alkanes) is 1. The van der Waals surface area contributed by atoms with Crippen LogP contribution in [0.3, 0.4) is 0 Å². The van der Waals surface area contributed by atoms with Gasteiger partial charge in [0.15, 0.2) is 0 Å². The third-order valence-electron chi connectivity index (χ3n) is 3.02. The molecule has 0 aliphatic heterocycles. The number of carboxylic acids is 1. The molecule has 80 valence electrons. The van der Waals surface area contributed by atoms with Crippen molar-refractivity contribution in [2.24, 2.45) is 11.8 Å². The molecule has 14 heavy (non-hydrogen) atoms. The van der Waals surface area contributed by atoms with E-state index in [0.29, 0.717) is 19.3 Å². The number of hydrogen-bond acceptors (Lipinski definition) is 2. The van der Waals surface area contributed by atoms with E-state index in [2.05, 4.69) is 6.92 Å². The van der Waals surface area contributed by atoms with Gasteiger partial charge in [-0.25, -0.2) is 0 Å². The second-order valence-corrected chi connectivity index (χ2v) is 4.12. The summed E-state index contributed by atoms with van der Waals surface area (Å²) in [7, 11) is 0. The van der Waals surface area contributed by atoms with Crippen LogP contribution < -0.4 is 0 Å². The summed E-state index contributed by atoms with van der Waals surface area (Å²) < 4.78 is 0. The van der Waals surface area contributed by atoms with Crippen molar-refractivity contribution in [2.75, 3.05) is 0 Å². The average molecular weight is 198 g/mol. The lowest BCUT2D eigenvalue weighted by Gasteiger charge is -2.25. The van der Waals surface area contributed by atoms with E-state index in [1.54, 1.807) is 0 Å². The number of carbonyl (C=O) groups is 2. The van der Waals surface area contributed by atoms with Gasteiger partial charge in [-0.15, -0.1) is 0 Å². The van der Waals surface area contributed by atoms with Gasteiger partial charge in [-0.3, -0.25) is 9.59 Å². The summed E-state index contributed by atoms with van der Waals surface area (Å²) in [6.45, 7) is 2.09. The fourth-order valence-electron chi connectivity index (χ4n) is 2.07. The second-order valence-electron chi connectivity index (χ2n) is 4.12. The van der Waals surface area contributed by atoms with Gasteiger partial charge < -0.3 is 5.11 Å². The van der Waals surface area contributed by atoms with Crippen molar-refractivity contribution >= 4 is 11.8 Å². The van der Waals surface area contributed by atoms with Crippen molar-refractivity contribution in [2.45, 2.75) is 45.4 Å². The van der Waals surface area contributed by atoms with E-state index in [0.717, 1.165) is 19.3 Å². The van der Waals surface area contributed by atoms with E-state index in [-0.39, 0.29) is 17.6 Å². The molecule has 2 atom stereocenters. The molecule has 0 spiro atoms. The van der Waals surface area contributed by atoms with Crippen LogP contribution in [-0.2, 0) is 9.59 Å². The topological polar surface area (TPSA) is 54.4 Å². The Morgan fingerprint density at radius 1 is 1.57 bits per heavy atom. The molecule has 0 radical (unpaired) electrons. The minimum Gasteiger partial charge on any atom is -0.481 e. The Kier molecular flexibility index (Phi) is 4.11. The first-order valence-corrected chi connectivity index (χ1v) is 5.40. The van der Waals surface area contributed by atoms with Crippen molar-refractivity contribution in [1.29, 1.82) is 0 Å². The normalized spacial score (nSPS) is 27.6. The molecule has 3 nitrogen and oxygen atoms in total. The molecule has 1 N–H and O–H groups in total. The third-order valence-corrected chi connectivity index (χ3v) is 3.02. The Morgan fingerprint density at radius 2 is 2.29 bits per heavy atom. The Bertz CT molecular complexity index is 223. The maximum absolute atomic E-state index is 11.5. The van der Waals surface area contributed by atoms with Crippen LogP contribution in [0.1, 0.15) is 45.4 Å². The number of carbonyl (C=O) groups excluding carboxylic acids is 1. The van der Waals surface area contributed by atoms with Crippen molar-refractivity contribution in [3.8, 4) is 0 Å². The van der Waals surface area contributed by atoms with Crippen LogP contribution in [0.25, 0.3) is 0 Å². The molecule has 0 heterocycles. The number of rotatable bonds is 4. The average Bonchev–Trinajstić information content (AvgIpc) is 2.16. The molecule has 0 aromatic rings. The number of hydrogen-bond donors (Lipinski definition) is 1. The highest BCUT2D eigenvalue weighted by molar-refractivity contribution is 5.84. The van der Waals surface area contributed by atoms with Crippen LogP contribution in [0.15, 0.2) is 0 Å². The molecule has 0 saturated heterocycles. The van der Waals surface area contributed by atoms with Crippen LogP contribution in [-0.4, -0.2) is 16.9 Å². The summed E-state index contributed by atoms with van der Waals surface area (Å²) in [5.74, 6) is -0.727. The summed E-state index contributed by atoms with van der Waals surface area (Å²) >= 11 is 0. The van der Waals surface area contributed by atoms with Gasteiger partial charge in [0.05, 0.1) is 5.92 Å². The zero-order valence-electron chi connectivity index (χ0n) is 8.66. The predicted molar refractivity (Wildman–Crippen MR) is 53.0 cm³/mol. The van der Waals surface area contributed by atoms with E-state index < -0.39 is 5.97 Å². The Hall–Kier alpha value is -0.860. The largest absolute Gasteiger partial charge is 0.481 e. The molecule has 1 aliphatic carbocycles. The predicted octanol–water partition coefficient (Wildman–Crippen LogP) is 2.25. The first kappa shape index (κ1) is 11.2. The van der Waals surface area contributed by atoms with Gasteiger partial charge in [0.1, 0.15) is 5.78 Å². The van der Waals surface area contributed by atoms with Crippen LogP contribution in [0.4, 0.5) is 0 Å². The molecule has 1 fully saturated rings. The molecule has 3 heteroatoms. The molecule has 1 saturated carbocycles. The highest BCUT2D eigenvalue weighted by Crippen LogP contribution is 2.29. The molecule has 0 amide bonds. The van der Waals surface area contributed by atoms with Gasteiger partial charge in [-0.2, -0.15) is 0 Å². The molecule has 0 aromatic carbocycles. The first-order valence-electron chi connectivity index (χ1n) is 5.40. The van der Waals surface area contributed by atoms with Crippen molar-refractivity contribution in [1.82, 2.24) is 0 Å². The third kappa shape index (κ3) is 2.82. The minimum atomic E-state index is -0.737.